The lowest BCUT2D eigenvalue weighted by molar-refractivity contribution is 0.509. The van der Waals surface area contributed by atoms with E-state index in [4.69, 9.17) is 0 Å². The van der Waals surface area contributed by atoms with Crippen LogP contribution in [0.15, 0.2) is 43.0 Å². The van der Waals surface area contributed by atoms with Gasteiger partial charge in [-0.15, -0.1) is 5.10 Å². The highest BCUT2D eigenvalue weighted by Crippen LogP contribution is 2.18. The van der Waals surface area contributed by atoms with Gasteiger partial charge < -0.3 is 5.32 Å². The van der Waals surface area contributed by atoms with Gasteiger partial charge in [-0.1, -0.05) is 35.5 Å². The highest BCUT2D eigenvalue weighted by Gasteiger charge is 2.13. The number of hydrogen-bond donors (Lipinski definition) is 1. The van der Waals surface area contributed by atoms with Crippen LogP contribution in [0.3, 0.4) is 0 Å². The lowest BCUT2D eigenvalue weighted by Crippen LogP contribution is -2.12. The third-order valence-electron chi connectivity index (χ3n) is 4.03. The van der Waals surface area contributed by atoms with E-state index in [-0.39, 0.29) is 6.04 Å². The van der Waals surface area contributed by atoms with E-state index in [9.17, 15) is 0 Å². The summed E-state index contributed by atoms with van der Waals surface area (Å²) in [5.41, 5.74) is 2.47. The molecule has 0 aliphatic rings. The fraction of sp³-hybridized carbons (Fsp3) is 0.294. The smallest absolute Gasteiger partial charge is 0.184 e. The number of nitrogens with one attached hydrogen (secondary N) is 1. The second kappa shape index (κ2) is 6.87. The third-order valence-corrected chi connectivity index (χ3v) is 4.03. The number of fused-ring (bicyclic) bond motifs is 1. The van der Waals surface area contributed by atoms with Gasteiger partial charge in [-0.3, -0.25) is 0 Å². The highest BCUT2D eigenvalue weighted by atomic mass is 15.4. The van der Waals surface area contributed by atoms with Crippen LogP contribution in [0.2, 0.25) is 0 Å². The maximum absolute atomic E-state index is 4.34. The molecule has 0 spiro atoms. The molecule has 0 radical (unpaired) electrons. The molecule has 3 aromatic heterocycles. The van der Waals surface area contributed by atoms with Gasteiger partial charge in [0.05, 0.1) is 13.1 Å². The van der Waals surface area contributed by atoms with Crippen LogP contribution >= 0.6 is 0 Å². The SMILES string of the molecule is CC(C)n1ncnc1CNc1ncnc2c1nnn2Cc1ccccc1. The van der Waals surface area contributed by atoms with E-state index in [0.29, 0.717) is 30.1 Å². The van der Waals surface area contributed by atoms with Crippen LogP contribution in [0.1, 0.15) is 31.3 Å². The van der Waals surface area contributed by atoms with Gasteiger partial charge in [-0.05, 0) is 19.4 Å². The van der Waals surface area contributed by atoms with Gasteiger partial charge in [0.2, 0.25) is 0 Å². The van der Waals surface area contributed by atoms with Crippen molar-refractivity contribution in [2.45, 2.75) is 33.0 Å². The number of aromatic nitrogens is 8. The normalized spacial score (nSPS) is 11.3. The van der Waals surface area contributed by atoms with E-state index < -0.39 is 0 Å². The Morgan fingerprint density at radius 3 is 2.69 bits per heavy atom. The van der Waals surface area contributed by atoms with E-state index in [0.717, 1.165) is 11.4 Å². The average molecular weight is 349 g/mol. The third kappa shape index (κ3) is 3.10. The Morgan fingerprint density at radius 2 is 1.88 bits per heavy atom. The molecule has 0 aliphatic carbocycles. The van der Waals surface area contributed by atoms with Crippen molar-refractivity contribution in [2.75, 3.05) is 5.32 Å². The molecule has 0 saturated carbocycles. The molecular weight excluding hydrogens is 330 g/mol. The summed E-state index contributed by atoms with van der Waals surface area (Å²) in [6.07, 6.45) is 3.07. The number of benzene rings is 1. The predicted molar refractivity (Wildman–Crippen MR) is 96.4 cm³/mol. The van der Waals surface area contributed by atoms with Gasteiger partial charge in [0.15, 0.2) is 17.0 Å². The molecule has 9 heteroatoms. The van der Waals surface area contributed by atoms with Crippen molar-refractivity contribution in [1.82, 2.24) is 39.7 Å². The van der Waals surface area contributed by atoms with Crippen molar-refractivity contribution in [3.8, 4) is 0 Å². The maximum Gasteiger partial charge on any atom is 0.184 e. The van der Waals surface area contributed by atoms with Crippen LogP contribution in [0, 0.1) is 0 Å². The Bertz CT molecular complexity index is 1000. The minimum atomic E-state index is 0.242. The predicted octanol–water partition coefficient (Wildman–Crippen LogP) is 2.05. The molecule has 26 heavy (non-hydrogen) atoms. The molecule has 1 aromatic carbocycles. The van der Waals surface area contributed by atoms with Gasteiger partial charge in [0.1, 0.15) is 18.5 Å². The molecule has 4 rings (SSSR count). The lowest BCUT2D eigenvalue weighted by Gasteiger charge is -2.10. The van der Waals surface area contributed by atoms with E-state index in [1.54, 1.807) is 11.0 Å². The summed E-state index contributed by atoms with van der Waals surface area (Å²) in [6.45, 7) is 5.23. The number of nitrogens with zero attached hydrogens (tertiary/aromatic N) is 8. The first-order valence-corrected chi connectivity index (χ1v) is 8.42. The molecular formula is C17H19N9. The Kier molecular flexibility index (Phi) is 4.26. The lowest BCUT2D eigenvalue weighted by atomic mass is 10.2. The topological polar surface area (TPSA) is 99.2 Å². The quantitative estimate of drug-likeness (QED) is 0.569. The first kappa shape index (κ1) is 16.1. The second-order valence-electron chi connectivity index (χ2n) is 6.20. The standard InChI is InChI=1S/C17H19N9/c1-12(2)26-14(19-11-22-26)8-18-16-15-17(21-10-20-16)25(24-23-15)9-13-6-4-3-5-7-13/h3-7,10-12H,8-9H2,1-2H3,(H,18,20,21). The molecule has 132 valence electrons. The van der Waals surface area contributed by atoms with Crippen molar-refractivity contribution in [3.05, 3.63) is 54.4 Å². The zero-order valence-corrected chi connectivity index (χ0v) is 14.6. The molecule has 3 heterocycles. The Hall–Kier alpha value is -3.36. The van der Waals surface area contributed by atoms with Gasteiger partial charge >= 0.3 is 0 Å². The summed E-state index contributed by atoms with van der Waals surface area (Å²) in [5, 5.41) is 16.0. The summed E-state index contributed by atoms with van der Waals surface area (Å²) in [6, 6.07) is 10.3. The van der Waals surface area contributed by atoms with E-state index in [1.165, 1.54) is 6.33 Å². The Balaban J connectivity index is 1.58. The monoisotopic (exact) mass is 349 g/mol. The summed E-state index contributed by atoms with van der Waals surface area (Å²) < 4.78 is 3.64. The van der Waals surface area contributed by atoms with Crippen LogP contribution in [0.5, 0.6) is 0 Å². The van der Waals surface area contributed by atoms with Gasteiger partial charge in [-0.25, -0.2) is 24.3 Å². The molecule has 4 aromatic rings. The number of rotatable bonds is 6. The molecule has 0 fully saturated rings. The van der Waals surface area contributed by atoms with Crippen molar-refractivity contribution in [2.24, 2.45) is 0 Å². The summed E-state index contributed by atoms with van der Waals surface area (Å²) >= 11 is 0. The first-order chi connectivity index (χ1) is 12.7. The first-order valence-electron chi connectivity index (χ1n) is 8.42. The van der Waals surface area contributed by atoms with Crippen molar-refractivity contribution in [1.29, 1.82) is 0 Å². The second-order valence-corrected chi connectivity index (χ2v) is 6.20. The van der Waals surface area contributed by atoms with Crippen molar-refractivity contribution < 1.29 is 0 Å². The summed E-state index contributed by atoms with van der Waals surface area (Å²) in [7, 11) is 0. The van der Waals surface area contributed by atoms with Crippen molar-refractivity contribution in [3.63, 3.8) is 0 Å². The zero-order chi connectivity index (χ0) is 17.9. The van der Waals surface area contributed by atoms with Crippen LogP contribution in [0.25, 0.3) is 11.2 Å². The molecule has 0 amide bonds. The van der Waals surface area contributed by atoms with Crippen LogP contribution in [-0.2, 0) is 13.1 Å². The molecule has 0 saturated heterocycles. The Morgan fingerprint density at radius 1 is 1.04 bits per heavy atom. The van der Waals surface area contributed by atoms with Gasteiger partial charge in [-0.2, -0.15) is 5.10 Å². The van der Waals surface area contributed by atoms with E-state index in [1.807, 2.05) is 35.0 Å². The average Bonchev–Trinajstić information content (AvgIpc) is 3.28. The minimum Gasteiger partial charge on any atom is -0.361 e. The minimum absolute atomic E-state index is 0.242. The molecule has 0 aliphatic heterocycles. The largest absolute Gasteiger partial charge is 0.361 e. The molecule has 0 bridgehead atoms. The molecule has 0 atom stereocenters. The van der Waals surface area contributed by atoms with Crippen LogP contribution < -0.4 is 5.32 Å². The molecule has 1 N–H and O–H groups in total. The number of anilines is 1. The summed E-state index contributed by atoms with van der Waals surface area (Å²) in [4.78, 5) is 12.9. The number of hydrogen-bond acceptors (Lipinski definition) is 7. The van der Waals surface area contributed by atoms with Crippen molar-refractivity contribution >= 4 is 17.0 Å². The maximum atomic E-state index is 4.34. The van der Waals surface area contributed by atoms with Gasteiger partial charge in [0.25, 0.3) is 0 Å². The van der Waals surface area contributed by atoms with E-state index in [2.05, 4.69) is 49.5 Å². The van der Waals surface area contributed by atoms with E-state index >= 15 is 0 Å². The van der Waals surface area contributed by atoms with Crippen LogP contribution in [-0.4, -0.2) is 39.7 Å². The highest BCUT2D eigenvalue weighted by molar-refractivity contribution is 5.81. The fourth-order valence-electron chi connectivity index (χ4n) is 2.78. The van der Waals surface area contributed by atoms with Gasteiger partial charge in [0, 0.05) is 6.04 Å². The fourth-order valence-corrected chi connectivity index (χ4v) is 2.78. The molecule has 0 unspecified atom stereocenters. The zero-order valence-electron chi connectivity index (χ0n) is 14.6. The Labute approximate surface area is 150 Å². The molecule has 9 nitrogen and oxygen atoms in total. The van der Waals surface area contributed by atoms with Crippen LogP contribution in [0.4, 0.5) is 5.82 Å². The summed E-state index contributed by atoms with van der Waals surface area (Å²) in [5.74, 6) is 1.47.